The van der Waals surface area contributed by atoms with Crippen molar-refractivity contribution in [2.24, 2.45) is 0 Å². The number of rotatable bonds is 17. The van der Waals surface area contributed by atoms with Crippen LogP contribution in [0.25, 0.3) is 0 Å². The van der Waals surface area contributed by atoms with E-state index in [1.54, 1.807) is 0 Å². The number of hydrogen-bond acceptors (Lipinski definition) is 2. The maximum atomic E-state index is 12.0. The molecule has 0 spiro atoms. The molecule has 5 heteroatoms. The minimum absolute atomic E-state index is 0.293. The first-order valence-corrected chi connectivity index (χ1v) is 10.8. The van der Waals surface area contributed by atoms with E-state index >= 15 is 0 Å². The van der Waals surface area contributed by atoms with Gasteiger partial charge in [-0.15, -0.1) is 0 Å². The first-order chi connectivity index (χ1) is 12.6. The summed E-state index contributed by atoms with van der Waals surface area (Å²) in [4.78, 5) is 0. The van der Waals surface area contributed by atoms with Crippen LogP contribution in [0.1, 0.15) is 103 Å². The summed E-state index contributed by atoms with van der Waals surface area (Å²) in [5.41, 5.74) is 0. The predicted molar refractivity (Wildman–Crippen MR) is 100 cm³/mol. The van der Waals surface area contributed by atoms with Crippen LogP contribution in [-0.2, 0) is 9.47 Å². The summed E-state index contributed by atoms with van der Waals surface area (Å²) in [6.45, 7) is 2.63. The molecule has 1 aliphatic heterocycles. The van der Waals surface area contributed by atoms with Crippen molar-refractivity contribution in [3.63, 3.8) is 0 Å². The molecule has 1 unspecified atom stereocenters. The standard InChI is InChI=1S/C21H39F3O2/c22-21(23,24)16-11-9-7-5-3-1-2-4-6-8-10-12-17-25-19-15-20-14-13-18-26-20/h20H,1-19H2. The van der Waals surface area contributed by atoms with Crippen LogP contribution < -0.4 is 0 Å². The van der Waals surface area contributed by atoms with Gasteiger partial charge in [-0.3, -0.25) is 0 Å². The summed E-state index contributed by atoms with van der Waals surface area (Å²) in [6.07, 6.45) is 12.3. The lowest BCUT2D eigenvalue weighted by Crippen LogP contribution is -2.09. The second-order valence-electron chi connectivity index (χ2n) is 7.64. The molecule has 1 heterocycles. The molecule has 0 saturated carbocycles. The first-order valence-electron chi connectivity index (χ1n) is 10.8. The predicted octanol–water partition coefficient (Wildman–Crippen LogP) is 7.21. The molecule has 0 amide bonds. The topological polar surface area (TPSA) is 18.5 Å². The van der Waals surface area contributed by atoms with Crippen molar-refractivity contribution in [3.8, 4) is 0 Å². The molecule has 0 bridgehead atoms. The van der Waals surface area contributed by atoms with Gasteiger partial charge in [-0.25, -0.2) is 0 Å². The van der Waals surface area contributed by atoms with E-state index in [0.717, 1.165) is 51.9 Å². The van der Waals surface area contributed by atoms with Crippen LogP contribution in [0.4, 0.5) is 13.2 Å². The Hall–Kier alpha value is -0.290. The summed E-state index contributed by atoms with van der Waals surface area (Å²) < 4.78 is 47.2. The van der Waals surface area contributed by atoms with E-state index < -0.39 is 12.6 Å². The zero-order chi connectivity index (χ0) is 18.9. The van der Waals surface area contributed by atoms with Crippen molar-refractivity contribution in [2.75, 3.05) is 19.8 Å². The van der Waals surface area contributed by atoms with Crippen molar-refractivity contribution >= 4 is 0 Å². The van der Waals surface area contributed by atoms with Gasteiger partial charge in [0.05, 0.1) is 6.10 Å². The molecular weight excluding hydrogens is 341 g/mol. The third-order valence-electron chi connectivity index (χ3n) is 5.11. The average Bonchev–Trinajstić information content (AvgIpc) is 3.10. The van der Waals surface area contributed by atoms with Gasteiger partial charge < -0.3 is 9.47 Å². The van der Waals surface area contributed by atoms with Crippen molar-refractivity contribution < 1.29 is 22.6 Å². The second kappa shape index (κ2) is 15.7. The fraction of sp³-hybridized carbons (Fsp3) is 1.00. The zero-order valence-electron chi connectivity index (χ0n) is 16.5. The van der Waals surface area contributed by atoms with Crippen LogP contribution in [0.5, 0.6) is 0 Å². The Kier molecular flexibility index (Phi) is 14.4. The highest BCUT2D eigenvalue weighted by molar-refractivity contribution is 4.63. The summed E-state index contributed by atoms with van der Waals surface area (Å²) in [7, 11) is 0. The Morgan fingerprint density at radius 3 is 1.77 bits per heavy atom. The molecular formula is C21H39F3O2. The minimum Gasteiger partial charge on any atom is -0.381 e. The highest BCUT2D eigenvalue weighted by atomic mass is 19.4. The van der Waals surface area contributed by atoms with Crippen LogP contribution >= 0.6 is 0 Å². The van der Waals surface area contributed by atoms with Crippen LogP contribution in [0.3, 0.4) is 0 Å². The highest BCUT2D eigenvalue weighted by Gasteiger charge is 2.25. The van der Waals surface area contributed by atoms with Gasteiger partial charge in [-0.2, -0.15) is 13.2 Å². The van der Waals surface area contributed by atoms with E-state index in [9.17, 15) is 13.2 Å². The molecule has 1 saturated heterocycles. The van der Waals surface area contributed by atoms with Gasteiger partial charge in [0.25, 0.3) is 0 Å². The van der Waals surface area contributed by atoms with Gasteiger partial charge in [0, 0.05) is 26.2 Å². The van der Waals surface area contributed by atoms with E-state index in [-0.39, 0.29) is 0 Å². The van der Waals surface area contributed by atoms with Crippen molar-refractivity contribution in [1.29, 1.82) is 0 Å². The smallest absolute Gasteiger partial charge is 0.381 e. The van der Waals surface area contributed by atoms with Gasteiger partial charge in [0.15, 0.2) is 0 Å². The van der Waals surface area contributed by atoms with Crippen molar-refractivity contribution in [2.45, 2.75) is 115 Å². The number of halogens is 3. The van der Waals surface area contributed by atoms with Crippen LogP contribution in [0, 0.1) is 0 Å². The number of hydrogen-bond donors (Lipinski definition) is 0. The van der Waals surface area contributed by atoms with Crippen LogP contribution in [0.2, 0.25) is 0 Å². The lowest BCUT2D eigenvalue weighted by Gasteiger charge is -2.09. The molecule has 1 aliphatic rings. The zero-order valence-corrected chi connectivity index (χ0v) is 16.5. The number of ether oxygens (including phenoxy) is 2. The summed E-state index contributed by atoms with van der Waals surface area (Å²) in [5.74, 6) is 0. The molecule has 1 rings (SSSR count). The van der Waals surface area contributed by atoms with Crippen molar-refractivity contribution in [1.82, 2.24) is 0 Å². The fourth-order valence-electron chi connectivity index (χ4n) is 3.49. The quantitative estimate of drug-likeness (QED) is 0.248. The lowest BCUT2D eigenvalue weighted by molar-refractivity contribution is -0.135. The molecule has 156 valence electrons. The maximum Gasteiger partial charge on any atom is 0.389 e. The number of unbranched alkanes of at least 4 members (excludes halogenated alkanes) is 11. The van der Waals surface area contributed by atoms with Gasteiger partial charge in [0.1, 0.15) is 0 Å². The molecule has 26 heavy (non-hydrogen) atoms. The first kappa shape index (κ1) is 23.7. The highest BCUT2D eigenvalue weighted by Crippen LogP contribution is 2.23. The van der Waals surface area contributed by atoms with Gasteiger partial charge in [0.2, 0.25) is 0 Å². The van der Waals surface area contributed by atoms with Gasteiger partial charge in [-0.05, 0) is 32.1 Å². The third kappa shape index (κ3) is 15.9. The van der Waals surface area contributed by atoms with E-state index in [1.807, 2.05) is 0 Å². The summed E-state index contributed by atoms with van der Waals surface area (Å²) in [6, 6.07) is 0. The molecule has 1 atom stereocenters. The Balaban J connectivity index is 1.66. The van der Waals surface area contributed by atoms with E-state index in [2.05, 4.69) is 0 Å². The Labute approximate surface area is 158 Å². The minimum atomic E-state index is -3.98. The third-order valence-corrected chi connectivity index (χ3v) is 5.11. The normalized spacial score (nSPS) is 17.9. The SMILES string of the molecule is FC(F)(F)CCCCCCCCCCCCCCOCCC1CCCO1. The van der Waals surface area contributed by atoms with Gasteiger partial charge >= 0.3 is 6.18 Å². The number of alkyl halides is 3. The average molecular weight is 381 g/mol. The molecule has 0 aliphatic carbocycles. The molecule has 0 radical (unpaired) electrons. The lowest BCUT2D eigenvalue weighted by atomic mass is 10.0. The van der Waals surface area contributed by atoms with Gasteiger partial charge in [-0.1, -0.05) is 64.2 Å². The molecule has 0 aromatic carbocycles. The molecule has 0 aromatic heterocycles. The Morgan fingerprint density at radius 1 is 0.731 bits per heavy atom. The molecule has 0 aromatic rings. The van der Waals surface area contributed by atoms with Crippen molar-refractivity contribution in [3.05, 3.63) is 0 Å². The largest absolute Gasteiger partial charge is 0.389 e. The maximum absolute atomic E-state index is 12.0. The van der Waals surface area contributed by atoms with E-state index in [1.165, 1.54) is 57.8 Å². The van der Waals surface area contributed by atoms with Crippen LogP contribution in [-0.4, -0.2) is 32.1 Å². The Bertz CT molecular complexity index is 302. The molecule has 1 fully saturated rings. The second-order valence-corrected chi connectivity index (χ2v) is 7.64. The van der Waals surface area contributed by atoms with E-state index in [0.29, 0.717) is 12.5 Å². The molecule has 0 N–H and O–H groups in total. The summed E-state index contributed by atoms with van der Waals surface area (Å²) >= 11 is 0. The fourth-order valence-corrected chi connectivity index (χ4v) is 3.49. The monoisotopic (exact) mass is 380 g/mol. The Morgan fingerprint density at radius 2 is 1.27 bits per heavy atom. The van der Waals surface area contributed by atoms with Crippen LogP contribution in [0.15, 0.2) is 0 Å². The van der Waals surface area contributed by atoms with E-state index in [4.69, 9.17) is 9.47 Å². The summed E-state index contributed by atoms with van der Waals surface area (Å²) in [5, 5.41) is 0. The molecule has 2 nitrogen and oxygen atoms in total.